The molecule has 1 unspecified atom stereocenters. The summed E-state index contributed by atoms with van der Waals surface area (Å²) in [4.78, 5) is 18.0. The molecular formula is C24H30N4O4. The van der Waals surface area contributed by atoms with Crippen LogP contribution >= 0.6 is 0 Å². The lowest BCUT2D eigenvalue weighted by molar-refractivity contribution is -0.142. The number of morpholine rings is 1. The minimum atomic E-state index is -0.475. The molecule has 1 aliphatic heterocycles. The van der Waals surface area contributed by atoms with E-state index >= 15 is 0 Å². The van der Waals surface area contributed by atoms with Crippen molar-refractivity contribution < 1.29 is 18.6 Å². The average molecular weight is 439 g/mol. The number of carbonyl (C=O) groups excluding carboxylic acids is 1. The highest BCUT2D eigenvalue weighted by Crippen LogP contribution is 2.30. The molecule has 1 fully saturated rings. The van der Waals surface area contributed by atoms with Crippen LogP contribution in [0.5, 0.6) is 0 Å². The van der Waals surface area contributed by atoms with E-state index in [1.807, 2.05) is 62.9 Å². The molecule has 170 valence electrons. The van der Waals surface area contributed by atoms with Crippen LogP contribution < -0.4 is 0 Å². The number of carbonyl (C=O) groups is 1. The molecule has 8 heteroatoms. The molecule has 3 aromatic rings. The Bertz CT molecular complexity index is 966. The maximum absolute atomic E-state index is 13.9. The van der Waals surface area contributed by atoms with Gasteiger partial charge in [-0.3, -0.25) is 9.69 Å². The van der Waals surface area contributed by atoms with Crippen LogP contribution in [-0.2, 0) is 22.6 Å². The van der Waals surface area contributed by atoms with E-state index in [0.717, 1.165) is 39.6 Å². The number of benzene rings is 1. The van der Waals surface area contributed by atoms with Gasteiger partial charge in [-0.15, -0.1) is 0 Å². The average Bonchev–Trinajstić information content (AvgIpc) is 3.30. The molecule has 4 rings (SSSR count). The molecule has 0 aliphatic carbocycles. The number of hydrogen-bond acceptors (Lipinski definition) is 7. The summed E-state index contributed by atoms with van der Waals surface area (Å²) in [5.74, 6) is 1.59. The molecule has 0 spiro atoms. The van der Waals surface area contributed by atoms with Crippen LogP contribution in [-0.4, -0.2) is 52.3 Å². The fourth-order valence-corrected chi connectivity index (χ4v) is 4.20. The van der Waals surface area contributed by atoms with Gasteiger partial charge in [-0.2, -0.15) is 0 Å². The normalized spacial score (nSPS) is 15.3. The van der Waals surface area contributed by atoms with Crippen LogP contribution in [0.4, 0.5) is 0 Å². The Balaban J connectivity index is 1.76. The van der Waals surface area contributed by atoms with Gasteiger partial charge in [-0.1, -0.05) is 40.6 Å². The molecule has 3 heterocycles. The standard InChI is InChI=1S/C24H30N4O4/c1-16-21(18(3)31-25-16)14-28(15-22-17(2)26-32-19(22)4)23(20-8-6-5-7-9-20)24(29)27-10-12-30-13-11-27/h5-9,23H,10-15H2,1-4H3. The summed E-state index contributed by atoms with van der Waals surface area (Å²) < 4.78 is 16.3. The molecule has 0 bridgehead atoms. The lowest BCUT2D eigenvalue weighted by Gasteiger charge is -2.36. The third-order valence-electron chi connectivity index (χ3n) is 6.12. The predicted molar refractivity (Wildman–Crippen MR) is 118 cm³/mol. The van der Waals surface area contributed by atoms with Crippen molar-refractivity contribution in [3.63, 3.8) is 0 Å². The highest BCUT2D eigenvalue weighted by molar-refractivity contribution is 5.83. The number of aryl methyl sites for hydroxylation is 4. The van der Waals surface area contributed by atoms with Crippen molar-refractivity contribution in [2.45, 2.75) is 46.8 Å². The summed E-state index contributed by atoms with van der Waals surface area (Å²) in [5, 5.41) is 8.25. The molecule has 32 heavy (non-hydrogen) atoms. The van der Waals surface area contributed by atoms with Crippen LogP contribution in [0.25, 0.3) is 0 Å². The van der Waals surface area contributed by atoms with Crippen molar-refractivity contribution in [3.05, 3.63) is 69.9 Å². The minimum Gasteiger partial charge on any atom is -0.378 e. The van der Waals surface area contributed by atoms with Gasteiger partial charge in [0.2, 0.25) is 5.91 Å². The molecule has 2 aromatic heterocycles. The molecule has 0 N–H and O–H groups in total. The monoisotopic (exact) mass is 438 g/mol. The van der Waals surface area contributed by atoms with Gasteiger partial charge < -0.3 is 18.7 Å². The van der Waals surface area contributed by atoms with Crippen molar-refractivity contribution in [1.82, 2.24) is 20.1 Å². The Labute approximate surface area is 188 Å². The van der Waals surface area contributed by atoms with Gasteiger partial charge in [0, 0.05) is 37.3 Å². The van der Waals surface area contributed by atoms with E-state index in [4.69, 9.17) is 13.8 Å². The van der Waals surface area contributed by atoms with Crippen molar-refractivity contribution in [1.29, 1.82) is 0 Å². The van der Waals surface area contributed by atoms with E-state index in [9.17, 15) is 4.79 Å². The Morgan fingerprint density at radius 3 is 1.94 bits per heavy atom. The number of hydrogen-bond donors (Lipinski definition) is 0. The zero-order chi connectivity index (χ0) is 22.7. The minimum absolute atomic E-state index is 0.0676. The lowest BCUT2D eigenvalue weighted by Crippen LogP contribution is -2.47. The van der Waals surface area contributed by atoms with Crippen LogP contribution in [0.15, 0.2) is 39.4 Å². The zero-order valence-corrected chi connectivity index (χ0v) is 19.1. The zero-order valence-electron chi connectivity index (χ0n) is 19.1. The highest BCUT2D eigenvalue weighted by Gasteiger charge is 2.34. The van der Waals surface area contributed by atoms with E-state index in [1.165, 1.54) is 0 Å². The SMILES string of the molecule is Cc1noc(C)c1CN(Cc1c(C)noc1C)C(C(=O)N1CCOCC1)c1ccccc1. The summed E-state index contributed by atoms with van der Waals surface area (Å²) in [6.45, 7) is 11.0. The molecule has 0 saturated carbocycles. The summed E-state index contributed by atoms with van der Waals surface area (Å²) >= 11 is 0. The van der Waals surface area contributed by atoms with Crippen molar-refractivity contribution >= 4 is 5.91 Å². The molecule has 1 saturated heterocycles. The van der Waals surface area contributed by atoms with Crippen molar-refractivity contribution in [2.75, 3.05) is 26.3 Å². The summed E-state index contributed by atoms with van der Waals surface area (Å²) in [6.07, 6.45) is 0. The second kappa shape index (κ2) is 9.67. The molecule has 1 aliphatic rings. The number of amides is 1. The first-order chi connectivity index (χ1) is 15.5. The fourth-order valence-electron chi connectivity index (χ4n) is 4.20. The Hall–Kier alpha value is -2.97. The number of ether oxygens (including phenoxy) is 1. The van der Waals surface area contributed by atoms with Gasteiger partial charge in [0.05, 0.1) is 24.6 Å². The second-order valence-corrected chi connectivity index (χ2v) is 8.26. The van der Waals surface area contributed by atoms with Gasteiger partial charge in [0.1, 0.15) is 17.6 Å². The van der Waals surface area contributed by atoms with Gasteiger partial charge in [0.15, 0.2) is 0 Å². The van der Waals surface area contributed by atoms with E-state index in [-0.39, 0.29) is 5.91 Å². The number of nitrogens with zero attached hydrogens (tertiary/aromatic N) is 4. The maximum Gasteiger partial charge on any atom is 0.244 e. The first kappa shape index (κ1) is 22.2. The van der Waals surface area contributed by atoms with Gasteiger partial charge in [-0.25, -0.2) is 0 Å². The number of aromatic nitrogens is 2. The van der Waals surface area contributed by atoms with Crippen LogP contribution in [0, 0.1) is 27.7 Å². The quantitative estimate of drug-likeness (QED) is 0.558. The number of rotatable bonds is 7. The fraction of sp³-hybridized carbons (Fsp3) is 0.458. The second-order valence-electron chi connectivity index (χ2n) is 8.26. The molecule has 1 amide bonds. The third-order valence-corrected chi connectivity index (χ3v) is 6.12. The van der Waals surface area contributed by atoms with E-state index in [1.54, 1.807) is 0 Å². The largest absolute Gasteiger partial charge is 0.378 e. The van der Waals surface area contributed by atoms with E-state index in [2.05, 4.69) is 15.2 Å². The molecule has 0 radical (unpaired) electrons. The van der Waals surface area contributed by atoms with Crippen molar-refractivity contribution in [3.8, 4) is 0 Å². The summed E-state index contributed by atoms with van der Waals surface area (Å²) in [5.41, 5.74) is 4.59. The third kappa shape index (κ3) is 4.61. The Kier molecular flexibility index (Phi) is 6.72. The lowest BCUT2D eigenvalue weighted by atomic mass is 10.0. The predicted octanol–water partition coefficient (Wildman–Crippen LogP) is 3.50. The van der Waals surface area contributed by atoms with E-state index < -0.39 is 6.04 Å². The van der Waals surface area contributed by atoms with Crippen LogP contribution in [0.3, 0.4) is 0 Å². The summed E-state index contributed by atoms with van der Waals surface area (Å²) in [6, 6.07) is 9.45. The topological polar surface area (TPSA) is 84.8 Å². The van der Waals surface area contributed by atoms with Crippen LogP contribution in [0.1, 0.15) is 45.6 Å². The van der Waals surface area contributed by atoms with Gasteiger partial charge >= 0.3 is 0 Å². The smallest absolute Gasteiger partial charge is 0.244 e. The molecular weight excluding hydrogens is 408 g/mol. The molecule has 8 nitrogen and oxygen atoms in total. The van der Waals surface area contributed by atoms with Gasteiger partial charge in [-0.05, 0) is 33.3 Å². The first-order valence-corrected chi connectivity index (χ1v) is 10.9. The maximum atomic E-state index is 13.9. The Morgan fingerprint density at radius 2 is 1.47 bits per heavy atom. The molecule has 1 atom stereocenters. The first-order valence-electron chi connectivity index (χ1n) is 10.9. The summed E-state index contributed by atoms with van der Waals surface area (Å²) in [7, 11) is 0. The van der Waals surface area contributed by atoms with Gasteiger partial charge in [0.25, 0.3) is 0 Å². The molecule has 1 aromatic carbocycles. The van der Waals surface area contributed by atoms with Crippen molar-refractivity contribution in [2.24, 2.45) is 0 Å². The Morgan fingerprint density at radius 1 is 0.938 bits per heavy atom. The van der Waals surface area contributed by atoms with Crippen LogP contribution in [0.2, 0.25) is 0 Å². The highest BCUT2D eigenvalue weighted by atomic mass is 16.5. The van der Waals surface area contributed by atoms with E-state index in [0.29, 0.717) is 39.4 Å².